The van der Waals surface area contributed by atoms with Gasteiger partial charge in [-0.2, -0.15) is 5.10 Å². The lowest BCUT2D eigenvalue weighted by Gasteiger charge is -2.21. The Morgan fingerprint density at radius 2 is 2.14 bits per heavy atom. The molecule has 0 radical (unpaired) electrons. The number of aromatic amines is 1. The number of carbonyl (C=O) groups excluding carboxylic acids is 1. The number of halogens is 1. The van der Waals surface area contributed by atoms with Gasteiger partial charge in [-0.3, -0.25) is 9.89 Å². The van der Waals surface area contributed by atoms with E-state index in [2.05, 4.69) is 10.2 Å². The summed E-state index contributed by atoms with van der Waals surface area (Å²) in [4.78, 5) is 13.7. The summed E-state index contributed by atoms with van der Waals surface area (Å²) >= 11 is 0. The maximum atomic E-state index is 13.9. The van der Waals surface area contributed by atoms with E-state index in [0.29, 0.717) is 17.0 Å². The molecule has 0 unspecified atom stereocenters. The third kappa shape index (κ3) is 3.66. The molecule has 5 nitrogen and oxygen atoms in total. The molecule has 0 aliphatic heterocycles. The number of aliphatic hydroxyl groups excluding tert-OH is 1. The van der Waals surface area contributed by atoms with E-state index in [1.165, 1.54) is 11.0 Å². The van der Waals surface area contributed by atoms with Gasteiger partial charge in [0.25, 0.3) is 5.91 Å². The van der Waals surface area contributed by atoms with Crippen LogP contribution in [0, 0.1) is 19.7 Å². The SMILES string of the molecule is Cc1ccc(CN(CCO)C(=O)c2cc(C)n[nH]2)c(F)c1. The Hall–Kier alpha value is -2.21. The van der Waals surface area contributed by atoms with Crippen molar-refractivity contribution in [1.29, 1.82) is 0 Å². The fourth-order valence-corrected chi connectivity index (χ4v) is 2.06. The van der Waals surface area contributed by atoms with Crippen LogP contribution in [0.2, 0.25) is 0 Å². The molecular formula is C15H18FN3O2. The molecule has 1 heterocycles. The van der Waals surface area contributed by atoms with Crippen molar-refractivity contribution in [3.05, 3.63) is 52.6 Å². The highest BCUT2D eigenvalue weighted by atomic mass is 19.1. The van der Waals surface area contributed by atoms with Crippen molar-refractivity contribution < 1.29 is 14.3 Å². The van der Waals surface area contributed by atoms with Gasteiger partial charge < -0.3 is 10.0 Å². The Morgan fingerprint density at radius 1 is 1.38 bits per heavy atom. The second-order valence-corrected chi connectivity index (χ2v) is 4.97. The zero-order valence-electron chi connectivity index (χ0n) is 12.1. The number of rotatable bonds is 5. The van der Waals surface area contributed by atoms with Gasteiger partial charge in [-0.25, -0.2) is 4.39 Å². The van der Waals surface area contributed by atoms with Crippen molar-refractivity contribution >= 4 is 5.91 Å². The molecular weight excluding hydrogens is 273 g/mol. The number of hydrogen-bond acceptors (Lipinski definition) is 3. The lowest BCUT2D eigenvalue weighted by atomic mass is 10.1. The van der Waals surface area contributed by atoms with E-state index in [-0.39, 0.29) is 31.4 Å². The Morgan fingerprint density at radius 3 is 2.71 bits per heavy atom. The number of aromatic nitrogens is 2. The molecule has 1 amide bonds. The van der Waals surface area contributed by atoms with Crippen LogP contribution in [0.25, 0.3) is 0 Å². The van der Waals surface area contributed by atoms with Crippen molar-refractivity contribution in [3.63, 3.8) is 0 Å². The van der Waals surface area contributed by atoms with Crippen LogP contribution in [0.3, 0.4) is 0 Å². The number of aryl methyl sites for hydroxylation is 2. The monoisotopic (exact) mass is 291 g/mol. The quantitative estimate of drug-likeness (QED) is 0.882. The normalized spacial score (nSPS) is 10.7. The lowest BCUT2D eigenvalue weighted by Crippen LogP contribution is -2.33. The van der Waals surface area contributed by atoms with Gasteiger partial charge in [0.1, 0.15) is 11.5 Å². The van der Waals surface area contributed by atoms with E-state index >= 15 is 0 Å². The number of amides is 1. The summed E-state index contributed by atoms with van der Waals surface area (Å²) < 4.78 is 13.9. The first-order valence-corrected chi connectivity index (χ1v) is 6.68. The number of nitrogens with zero attached hydrogens (tertiary/aromatic N) is 2. The molecule has 0 fully saturated rings. The van der Waals surface area contributed by atoms with Gasteiger partial charge in [0, 0.05) is 18.7 Å². The zero-order chi connectivity index (χ0) is 15.4. The van der Waals surface area contributed by atoms with Crippen molar-refractivity contribution in [1.82, 2.24) is 15.1 Å². The third-order valence-corrected chi connectivity index (χ3v) is 3.16. The second-order valence-electron chi connectivity index (χ2n) is 4.97. The molecule has 1 aromatic carbocycles. The molecule has 2 rings (SSSR count). The topological polar surface area (TPSA) is 69.2 Å². The fourth-order valence-electron chi connectivity index (χ4n) is 2.06. The minimum absolute atomic E-state index is 0.101. The molecule has 0 aliphatic rings. The zero-order valence-corrected chi connectivity index (χ0v) is 12.1. The van der Waals surface area contributed by atoms with E-state index in [1.807, 2.05) is 0 Å². The Bertz CT molecular complexity index is 640. The van der Waals surface area contributed by atoms with Gasteiger partial charge in [-0.05, 0) is 31.5 Å². The number of carbonyl (C=O) groups is 1. The van der Waals surface area contributed by atoms with Crippen LogP contribution >= 0.6 is 0 Å². The summed E-state index contributed by atoms with van der Waals surface area (Å²) in [5, 5.41) is 15.7. The van der Waals surface area contributed by atoms with Crippen LogP contribution in [0.15, 0.2) is 24.3 Å². The van der Waals surface area contributed by atoms with Crippen molar-refractivity contribution in [2.75, 3.05) is 13.2 Å². The van der Waals surface area contributed by atoms with Crippen molar-refractivity contribution in [2.24, 2.45) is 0 Å². The highest BCUT2D eigenvalue weighted by molar-refractivity contribution is 5.92. The Balaban J connectivity index is 2.20. The van der Waals surface area contributed by atoms with Gasteiger partial charge >= 0.3 is 0 Å². The molecule has 0 aliphatic carbocycles. The molecule has 2 N–H and O–H groups in total. The minimum atomic E-state index is -0.355. The molecule has 6 heteroatoms. The molecule has 0 atom stereocenters. The number of benzene rings is 1. The number of aliphatic hydroxyl groups is 1. The molecule has 0 bridgehead atoms. The molecule has 1 aromatic heterocycles. The van der Waals surface area contributed by atoms with Gasteiger partial charge in [0.05, 0.1) is 12.3 Å². The summed E-state index contributed by atoms with van der Waals surface area (Å²) in [6, 6.07) is 6.50. The Kier molecular flexibility index (Phi) is 4.70. The average Bonchev–Trinajstić information content (AvgIpc) is 2.87. The Labute approximate surface area is 122 Å². The van der Waals surface area contributed by atoms with E-state index in [1.54, 1.807) is 32.0 Å². The van der Waals surface area contributed by atoms with Crippen LogP contribution < -0.4 is 0 Å². The average molecular weight is 291 g/mol. The fraction of sp³-hybridized carbons (Fsp3) is 0.333. The third-order valence-electron chi connectivity index (χ3n) is 3.16. The van der Waals surface area contributed by atoms with Crippen LogP contribution in [0.1, 0.15) is 27.3 Å². The molecule has 21 heavy (non-hydrogen) atoms. The van der Waals surface area contributed by atoms with Gasteiger partial charge in [-0.1, -0.05) is 12.1 Å². The van der Waals surface area contributed by atoms with E-state index in [9.17, 15) is 9.18 Å². The number of nitrogens with one attached hydrogen (secondary N) is 1. The second kappa shape index (κ2) is 6.49. The summed E-state index contributed by atoms with van der Waals surface area (Å²) in [6.07, 6.45) is 0. The summed E-state index contributed by atoms with van der Waals surface area (Å²) in [5.74, 6) is -0.670. The maximum Gasteiger partial charge on any atom is 0.272 e. The highest BCUT2D eigenvalue weighted by Gasteiger charge is 2.19. The standard InChI is InChI=1S/C15H18FN3O2/c1-10-3-4-12(13(16)7-10)9-19(5-6-20)15(21)14-8-11(2)17-18-14/h3-4,7-8,20H,5-6,9H2,1-2H3,(H,17,18). The van der Waals surface area contributed by atoms with Crippen LogP contribution in [0.5, 0.6) is 0 Å². The van der Waals surface area contributed by atoms with Crippen LogP contribution in [0.4, 0.5) is 4.39 Å². The van der Waals surface area contributed by atoms with E-state index in [0.717, 1.165) is 5.56 Å². The molecule has 0 saturated heterocycles. The molecule has 0 spiro atoms. The maximum absolute atomic E-state index is 13.9. The molecule has 112 valence electrons. The first kappa shape index (κ1) is 15.2. The first-order chi connectivity index (χ1) is 10.0. The molecule has 0 saturated carbocycles. The summed E-state index contributed by atoms with van der Waals surface area (Å²) in [6.45, 7) is 3.61. The minimum Gasteiger partial charge on any atom is -0.395 e. The smallest absolute Gasteiger partial charge is 0.272 e. The van der Waals surface area contributed by atoms with Crippen molar-refractivity contribution in [3.8, 4) is 0 Å². The van der Waals surface area contributed by atoms with Gasteiger partial charge in [0.2, 0.25) is 0 Å². The number of hydrogen-bond donors (Lipinski definition) is 2. The summed E-state index contributed by atoms with van der Waals surface area (Å²) in [7, 11) is 0. The lowest BCUT2D eigenvalue weighted by molar-refractivity contribution is 0.0700. The van der Waals surface area contributed by atoms with Gasteiger partial charge in [-0.15, -0.1) is 0 Å². The van der Waals surface area contributed by atoms with Gasteiger partial charge in [0.15, 0.2) is 0 Å². The molecule has 2 aromatic rings. The van der Waals surface area contributed by atoms with E-state index < -0.39 is 0 Å². The highest BCUT2D eigenvalue weighted by Crippen LogP contribution is 2.14. The van der Waals surface area contributed by atoms with Crippen LogP contribution in [-0.4, -0.2) is 39.3 Å². The van der Waals surface area contributed by atoms with Crippen molar-refractivity contribution in [2.45, 2.75) is 20.4 Å². The predicted octanol–water partition coefficient (Wildman–Crippen LogP) is 1.80. The summed E-state index contributed by atoms with van der Waals surface area (Å²) in [5.41, 5.74) is 2.26. The number of H-pyrrole nitrogens is 1. The first-order valence-electron chi connectivity index (χ1n) is 6.68. The largest absolute Gasteiger partial charge is 0.395 e. The predicted molar refractivity (Wildman–Crippen MR) is 76.3 cm³/mol. The van der Waals surface area contributed by atoms with Crippen LogP contribution in [-0.2, 0) is 6.54 Å². The van der Waals surface area contributed by atoms with E-state index in [4.69, 9.17) is 5.11 Å².